The van der Waals surface area contributed by atoms with Crippen LogP contribution in [0.4, 0.5) is 5.69 Å². The first kappa shape index (κ1) is 17.7. The molecule has 8 heteroatoms. The first-order valence-corrected chi connectivity index (χ1v) is 8.77. The molecule has 132 valence electrons. The van der Waals surface area contributed by atoms with Crippen molar-refractivity contribution in [1.29, 1.82) is 0 Å². The van der Waals surface area contributed by atoms with Gasteiger partial charge in [0.05, 0.1) is 12.2 Å². The maximum atomic E-state index is 12.0. The summed E-state index contributed by atoms with van der Waals surface area (Å²) in [5.74, 6) is -0.100. The number of hydrogen-bond donors (Lipinski definition) is 2. The van der Waals surface area contributed by atoms with E-state index in [9.17, 15) is 9.59 Å². The Bertz CT molecular complexity index is 894. The highest BCUT2D eigenvalue weighted by Crippen LogP contribution is 2.18. The molecule has 0 bridgehead atoms. The number of benzene rings is 2. The minimum absolute atomic E-state index is 0.130. The molecule has 1 aromatic heterocycles. The van der Waals surface area contributed by atoms with Gasteiger partial charge in [-0.15, -0.1) is 10.2 Å². The minimum atomic E-state index is -0.513. The molecule has 0 radical (unpaired) electrons. The van der Waals surface area contributed by atoms with Crippen LogP contribution in [-0.2, 0) is 11.2 Å². The highest BCUT2D eigenvalue weighted by atomic mass is 32.2. The van der Waals surface area contributed by atoms with Crippen LogP contribution in [0.3, 0.4) is 0 Å². The number of amides is 2. The topological polar surface area (TPSA) is 111 Å². The number of rotatable bonds is 7. The fourth-order valence-electron chi connectivity index (χ4n) is 2.18. The maximum Gasteiger partial charge on any atom is 0.277 e. The van der Waals surface area contributed by atoms with E-state index in [4.69, 9.17) is 10.2 Å². The van der Waals surface area contributed by atoms with Gasteiger partial charge >= 0.3 is 0 Å². The van der Waals surface area contributed by atoms with Crippen LogP contribution in [-0.4, -0.2) is 27.8 Å². The van der Waals surface area contributed by atoms with E-state index in [0.717, 1.165) is 17.3 Å². The summed E-state index contributed by atoms with van der Waals surface area (Å²) in [5.41, 5.74) is 7.21. The van der Waals surface area contributed by atoms with E-state index >= 15 is 0 Å². The van der Waals surface area contributed by atoms with E-state index in [1.54, 1.807) is 24.3 Å². The van der Waals surface area contributed by atoms with Crippen LogP contribution < -0.4 is 11.1 Å². The molecule has 0 atom stereocenters. The Morgan fingerprint density at radius 3 is 2.46 bits per heavy atom. The zero-order valence-electron chi connectivity index (χ0n) is 13.7. The van der Waals surface area contributed by atoms with Gasteiger partial charge in [-0.3, -0.25) is 9.59 Å². The Balaban J connectivity index is 1.49. The summed E-state index contributed by atoms with van der Waals surface area (Å²) in [6, 6.07) is 16.1. The second-order valence-corrected chi connectivity index (χ2v) is 6.33. The molecule has 3 aromatic rings. The molecular formula is C18H16N4O3S. The predicted octanol–water partition coefficient (Wildman–Crippen LogP) is 2.49. The molecule has 3 rings (SSSR count). The quantitative estimate of drug-likeness (QED) is 0.620. The Morgan fingerprint density at radius 1 is 1.04 bits per heavy atom. The Hall–Kier alpha value is -3.13. The SMILES string of the molecule is NC(=O)c1ccc(NC(=O)CSc2nnc(Cc3ccccc3)o2)cc1. The smallest absolute Gasteiger partial charge is 0.277 e. The summed E-state index contributed by atoms with van der Waals surface area (Å²) >= 11 is 1.16. The highest BCUT2D eigenvalue weighted by Gasteiger charge is 2.11. The lowest BCUT2D eigenvalue weighted by Gasteiger charge is -2.04. The molecule has 0 aliphatic rings. The Labute approximate surface area is 154 Å². The summed E-state index contributed by atoms with van der Waals surface area (Å²) in [5, 5.41) is 11.0. The molecule has 0 aliphatic heterocycles. The van der Waals surface area contributed by atoms with Crippen LogP contribution in [0.15, 0.2) is 64.2 Å². The molecule has 2 amide bonds. The van der Waals surface area contributed by atoms with Crippen LogP contribution in [0.2, 0.25) is 0 Å². The molecule has 0 unspecified atom stereocenters. The number of thioether (sulfide) groups is 1. The number of nitrogens with zero attached hydrogens (tertiary/aromatic N) is 2. The van der Waals surface area contributed by atoms with Gasteiger partial charge in [0.1, 0.15) is 0 Å². The molecule has 0 saturated heterocycles. The van der Waals surface area contributed by atoms with E-state index in [2.05, 4.69) is 15.5 Å². The molecule has 1 heterocycles. The van der Waals surface area contributed by atoms with Crippen molar-refractivity contribution in [3.05, 3.63) is 71.6 Å². The summed E-state index contributed by atoms with van der Waals surface area (Å²) in [6.07, 6.45) is 0.548. The third-order valence-electron chi connectivity index (χ3n) is 3.43. The van der Waals surface area contributed by atoms with Gasteiger partial charge in [0.2, 0.25) is 17.7 Å². The van der Waals surface area contributed by atoms with Crippen LogP contribution in [0, 0.1) is 0 Å². The first-order chi connectivity index (χ1) is 12.6. The van der Waals surface area contributed by atoms with Crippen molar-refractivity contribution in [1.82, 2.24) is 10.2 Å². The molecular weight excluding hydrogens is 352 g/mol. The van der Waals surface area contributed by atoms with E-state index in [1.165, 1.54) is 0 Å². The predicted molar refractivity (Wildman–Crippen MR) is 97.9 cm³/mol. The molecule has 0 fully saturated rings. The lowest BCUT2D eigenvalue weighted by molar-refractivity contribution is -0.113. The maximum absolute atomic E-state index is 12.0. The number of anilines is 1. The third-order valence-corrected chi connectivity index (χ3v) is 4.24. The lowest BCUT2D eigenvalue weighted by Crippen LogP contribution is -2.15. The van der Waals surface area contributed by atoms with Crippen LogP contribution in [0.25, 0.3) is 0 Å². The third kappa shape index (κ3) is 4.93. The number of carbonyl (C=O) groups excluding carboxylic acids is 2. The summed E-state index contributed by atoms with van der Waals surface area (Å²) in [6.45, 7) is 0. The molecule has 0 aliphatic carbocycles. The number of hydrogen-bond acceptors (Lipinski definition) is 6. The zero-order chi connectivity index (χ0) is 18.4. The van der Waals surface area contributed by atoms with Gasteiger partial charge in [0, 0.05) is 11.3 Å². The van der Waals surface area contributed by atoms with Crippen molar-refractivity contribution in [3.63, 3.8) is 0 Å². The van der Waals surface area contributed by atoms with Gasteiger partial charge in [-0.05, 0) is 29.8 Å². The first-order valence-electron chi connectivity index (χ1n) is 7.79. The zero-order valence-corrected chi connectivity index (χ0v) is 14.5. The molecule has 2 aromatic carbocycles. The van der Waals surface area contributed by atoms with Crippen molar-refractivity contribution < 1.29 is 14.0 Å². The van der Waals surface area contributed by atoms with Crippen LogP contribution in [0.5, 0.6) is 0 Å². The van der Waals surface area contributed by atoms with Gasteiger partial charge in [-0.25, -0.2) is 0 Å². The van der Waals surface area contributed by atoms with Gasteiger partial charge in [0.25, 0.3) is 5.22 Å². The molecule has 0 saturated carbocycles. The number of carbonyl (C=O) groups is 2. The number of nitrogens with two attached hydrogens (primary N) is 1. The normalized spacial score (nSPS) is 10.5. The van der Waals surface area contributed by atoms with Gasteiger partial charge in [0.15, 0.2) is 0 Å². The second-order valence-electron chi connectivity index (χ2n) is 5.40. The van der Waals surface area contributed by atoms with Crippen molar-refractivity contribution >= 4 is 29.3 Å². The molecule has 7 nitrogen and oxygen atoms in total. The summed E-state index contributed by atoms with van der Waals surface area (Å²) < 4.78 is 5.54. The van der Waals surface area contributed by atoms with Crippen LogP contribution >= 0.6 is 11.8 Å². The summed E-state index contributed by atoms with van der Waals surface area (Å²) in [4.78, 5) is 23.0. The Kier molecular flexibility index (Phi) is 5.65. The number of aromatic nitrogens is 2. The van der Waals surface area contributed by atoms with Gasteiger partial charge in [-0.2, -0.15) is 0 Å². The molecule has 3 N–H and O–H groups in total. The van der Waals surface area contributed by atoms with E-state index in [0.29, 0.717) is 28.8 Å². The van der Waals surface area contributed by atoms with Crippen molar-refractivity contribution in [2.75, 3.05) is 11.1 Å². The fraction of sp³-hybridized carbons (Fsp3) is 0.111. The van der Waals surface area contributed by atoms with E-state index in [1.807, 2.05) is 30.3 Å². The largest absolute Gasteiger partial charge is 0.416 e. The monoisotopic (exact) mass is 368 g/mol. The number of nitrogens with one attached hydrogen (secondary N) is 1. The van der Waals surface area contributed by atoms with Crippen molar-refractivity contribution in [2.45, 2.75) is 11.6 Å². The average Bonchev–Trinajstić information content (AvgIpc) is 3.09. The van der Waals surface area contributed by atoms with Gasteiger partial charge in [-0.1, -0.05) is 42.1 Å². The van der Waals surface area contributed by atoms with E-state index in [-0.39, 0.29) is 11.7 Å². The van der Waals surface area contributed by atoms with Crippen LogP contribution in [0.1, 0.15) is 21.8 Å². The standard InChI is InChI=1S/C18H16N4O3S/c19-17(24)13-6-8-14(9-7-13)20-15(23)11-26-18-22-21-16(25-18)10-12-4-2-1-3-5-12/h1-9H,10-11H2,(H2,19,24)(H,20,23). The molecule has 0 spiro atoms. The molecule has 26 heavy (non-hydrogen) atoms. The average molecular weight is 368 g/mol. The lowest BCUT2D eigenvalue weighted by atomic mass is 10.2. The fourth-order valence-corrected chi connectivity index (χ4v) is 2.76. The van der Waals surface area contributed by atoms with E-state index < -0.39 is 5.91 Å². The minimum Gasteiger partial charge on any atom is -0.416 e. The number of primary amides is 1. The summed E-state index contributed by atoms with van der Waals surface area (Å²) in [7, 11) is 0. The second kappa shape index (κ2) is 8.30. The van der Waals surface area contributed by atoms with Crippen molar-refractivity contribution in [3.8, 4) is 0 Å². The van der Waals surface area contributed by atoms with Crippen molar-refractivity contribution in [2.24, 2.45) is 5.73 Å². The highest BCUT2D eigenvalue weighted by molar-refractivity contribution is 7.99. The Morgan fingerprint density at radius 2 is 1.77 bits per heavy atom. The van der Waals surface area contributed by atoms with Gasteiger partial charge < -0.3 is 15.5 Å².